The largest absolute Gasteiger partial charge is 0.363 e. The highest BCUT2D eigenvalue weighted by molar-refractivity contribution is 7.98. The average Bonchev–Trinajstić information content (AvgIpc) is 2.90. The molecule has 0 atom stereocenters. The molecule has 0 unspecified atom stereocenters. The molecule has 0 aliphatic rings. The number of aryl methyl sites for hydroxylation is 2. The molecule has 4 nitrogen and oxygen atoms in total. The number of nitrogens with one attached hydrogen (secondary N) is 1. The van der Waals surface area contributed by atoms with Gasteiger partial charge in [0, 0.05) is 10.6 Å². The fourth-order valence-electron chi connectivity index (χ4n) is 2.14. The van der Waals surface area contributed by atoms with E-state index in [1.54, 1.807) is 35.5 Å². The monoisotopic (exact) mass is 342 g/mol. The Kier molecular flexibility index (Phi) is 5.25. The molecule has 0 saturated carbocycles. The molecule has 1 N–H and O–H groups in total. The maximum absolute atomic E-state index is 4.60. The maximum atomic E-state index is 4.60. The molecule has 0 bridgehead atoms. The molecular formula is C17H18N4S2. The van der Waals surface area contributed by atoms with Crippen LogP contribution in [-0.4, -0.2) is 15.0 Å². The van der Waals surface area contributed by atoms with Gasteiger partial charge in [-0.25, -0.2) is 9.97 Å². The second kappa shape index (κ2) is 7.57. The van der Waals surface area contributed by atoms with Gasteiger partial charge < -0.3 is 5.32 Å². The van der Waals surface area contributed by atoms with Gasteiger partial charge in [0.25, 0.3) is 0 Å². The third-order valence-corrected chi connectivity index (χ3v) is 5.18. The Labute approximate surface area is 144 Å². The summed E-state index contributed by atoms with van der Waals surface area (Å²) in [7, 11) is 0. The number of aromatic nitrogens is 3. The van der Waals surface area contributed by atoms with Crippen LogP contribution in [-0.2, 0) is 12.3 Å². The molecule has 0 fully saturated rings. The fourth-order valence-corrected chi connectivity index (χ4v) is 3.78. The summed E-state index contributed by atoms with van der Waals surface area (Å²) in [6.45, 7) is 4.80. The summed E-state index contributed by atoms with van der Waals surface area (Å²) in [5.74, 6) is 1.68. The van der Waals surface area contributed by atoms with E-state index in [9.17, 15) is 0 Å². The molecule has 0 aliphatic carbocycles. The molecule has 23 heavy (non-hydrogen) atoms. The van der Waals surface area contributed by atoms with Crippen molar-refractivity contribution < 1.29 is 0 Å². The van der Waals surface area contributed by atoms with Gasteiger partial charge in [-0.3, -0.25) is 4.98 Å². The summed E-state index contributed by atoms with van der Waals surface area (Å²) in [6, 6.07) is 10.4. The lowest BCUT2D eigenvalue weighted by Crippen LogP contribution is -2.03. The van der Waals surface area contributed by atoms with Crippen LogP contribution < -0.4 is 5.32 Å². The van der Waals surface area contributed by atoms with Gasteiger partial charge in [-0.05, 0) is 19.4 Å². The first-order valence-electron chi connectivity index (χ1n) is 7.36. The van der Waals surface area contributed by atoms with E-state index < -0.39 is 0 Å². The molecule has 118 valence electrons. The lowest BCUT2D eigenvalue weighted by atomic mass is 10.2. The van der Waals surface area contributed by atoms with Crippen LogP contribution >= 0.6 is 23.1 Å². The Balaban J connectivity index is 1.60. The minimum absolute atomic E-state index is 0.678. The smallest absolute Gasteiger partial charge is 0.146 e. The quantitative estimate of drug-likeness (QED) is 0.671. The summed E-state index contributed by atoms with van der Waals surface area (Å²) < 4.78 is 0. The van der Waals surface area contributed by atoms with Gasteiger partial charge in [-0.1, -0.05) is 30.3 Å². The second-order valence-corrected chi connectivity index (χ2v) is 7.51. The zero-order valence-electron chi connectivity index (χ0n) is 13.1. The summed E-state index contributed by atoms with van der Waals surface area (Å²) in [4.78, 5) is 14.7. The van der Waals surface area contributed by atoms with E-state index in [-0.39, 0.29) is 0 Å². The van der Waals surface area contributed by atoms with Crippen LogP contribution in [0.25, 0.3) is 0 Å². The van der Waals surface area contributed by atoms with Crippen molar-refractivity contribution in [3.05, 3.63) is 63.9 Å². The van der Waals surface area contributed by atoms with E-state index in [4.69, 9.17) is 0 Å². The van der Waals surface area contributed by atoms with E-state index in [2.05, 4.69) is 51.5 Å². The molecule has 0 amide bonds. The van der Waals surface area contributed by atoms with Crippen LogP contribution in [0.1, 0.15) is 21.1 Å². The average molecular weight is 342 g/mol. The van der Waals surface area contributed by atoms with E-state index in [0.29, 0.717) is 6.54 Å². The zero-order chi connectivity index (χ0) is 16.1. The van der Waals surface area contributed by atoms with Crippen molar-refractivity contribution in [1.29, 1.82) is 0 Å². The van der Waals surface area contributed by atoms with Crippen LogP contribution in [0.3, 0.4) is 0 Å². The van der Waals surface area contributed by atoms with Crippen molar-refractivity contribution >= 4 is 28.9 Å². The number of hydrogen-bond acceptors (Lipinski definition) is 6. The van der Waals surface area contributed by atoms with Crippen molar-refractivity contribution in [2.75, 3.05) is 5.32 Å². The Hall–Kier alpha value is -1.92. The molecule has 0 saturated heterocycles. The van der Waals surface area contributed by atoms with Crippen LogP contribution in [0.15, 0.2) is 47.8 Å². The normalized spacial score (nSPS) is 10.7. The SMILES string of the molecule is Cc1nc(CNc2cncc(SCc3ccccc3)n2)c(C)s1. The van der Waals surface area contributed by atoms with E-state index in [0.717, 1.165) is 27.3 Å². The Morgan fingerprint density at radius 2 is 1.91 bits per heavy atom. The number of rotatable bonds is 6. The summed E-state index contributed by atoms with van der Waals surface area (Å²) in [6.07, 6.45) is 3.55. The number of nitrogens with zero attached hydrogens (tertiary/aromatic N) is 3. The number of anilines is 1. The standard InChI is InChI=1S/C17H18N4S2/c1-12-15(20-13(2)23-12)8-19-16-9-18-10-17(21-16)22-11-14-6-4-3-5-7-14/h3-7,9-10H,8,11H2,1-2H3,(H,19,21). The number of thiazole rings is 1. The number of hydrogen-bond donors (Lipinski definition) is 1. The first-order chi connectivity index (χ1) is 11.2. The highest BCUT2D eigenvalue weighted by Crippen LogP contribution is 2.22. The zero-order valence-corrected chi connectivity index (χ0v) is 14.7. The molecule has 0 spiro atoms. The lowest BCUT2D eigenvalue weighted by molar-refractivity contribution is 0.984. The molecule has 2 aromatic heterocycles. The summed E-state index contributed by atoms with van der Waals surface area (Å²) >= 11 is 3.41. The Morgan fingerprint density at radius 3 is 2.65 bits per heavy atom. The van der Waals surface area contributed by atoms with Gasteiger partial charge >= 0.3 is 0 Å². The number of thioether (sulfide) groups is 1. The minimum atomic E-state index is 0.678. The molecule has 0 radical (unpaired) electrons. The van der Waals surface area contributed by atoms with Crippen molar-refractivity contribution in [3.63, 3.8) is 0 Å². The van der Waals surface area contributed by atoms with Gasteiger partial charge in [-0.15, -0.1) is 23.1 Å². The first-order valence-corrected chi connectivity index (χ1v) is 9.16. The van der Waals surface area contributed by atoms with Gasteiger partial charge in [-0.2, -0.15) is 0 Å². The fraction of sp³-hybridized carbons (Fsp3) is 0.235. The van der Waals surface area contributed by atoms with E-state index in [1.165, 1.54) is 10.4 Å². The molecule has 1 aromatic carbocycles. The van der Waals surface area contributed by atoms with E-state index >= 15 is 0 Å². The van der Waals surface area contributed by atoms with E-state index in [1.807, 2.05) is 13.0 Å². The van der Waals surface area contributed by atoms with Crippen molar-refractivity contribution in [2.45, 2.75) is 31.2 Å². The van der Waals surface area contributed by atoms with Gasteiger partial charge in [0.05, 0.1) is 29.6 Å². The highest BCUT2D eigenvalue weighted by Gasteiger charge is 2.06. The predicted molar refractivity (Wildman–Crippen MR) is 96.9 cm³/mol. The molecule has 6 heteroatoms. The molecule has 3 aromatic rings. The lowest BCUT2D eigenvalue weighted by Gasteiger charge is -2.06. The molecule has 2 heterocycles. The van der Waals surface area contributed by atoms with Gasteiger partial charge in [0.1, 0.15) is 10.8 Å². The van der Waals surface area contributed by atoms with Crippen LogP contribution in [0.5, 0.6) is 0 Å². The summed E-state index contributed by atoms with van der Waals surface area (Å²) in [5, 5.41) is 5.33. The Bertz CT molecular complexity index is 771. The molecular weight excluding hydrogens is 324 g/mol. The van der Waals surface area contributed by atoms with Gasteiger partial charge in [0.15, 0.2) is 0 Å². The van der Waals surface area contributed by atoms with Crippen LogP contribution in [0, 0.1) is 13.8 Å². The third-order valence-electron chi connectivity index (χ3n) is 3.28. The van der Waals surface area contributed by atoms with Crippen molar-refractivity contribution in [3.8, 4) is 0 Å². The third kappa shape index (κ3) is 4.53. The molecule has 3 rings (SSSR count). The summed E-state index contributed by atoms with van der Waals surface area (Å²) in [5.41, 5.74) is 2.36. The number of benzene rings is 1. The first kappa shape index (κ1) is 16.0. The second-order valence-electron chi connectivity index (χ2n) is 5.11. The van der Waals surface area contributed by atoms with Gasteiger partial charge in [0.2, 0.25) is 0 Å². The Morgan fingerprint density at radius 1 is 1.09 bits per heavy atom. The van der Waals surface area contributed by atoms with Crippen LogP contribution in [0.4, 0.5) is 5.82 Å². The molecule has 0 aliphatic heterocycles. The maximum Gasteiger partial charge on any atom is 0.146 e. The topological polar surface area (TPSA) is 50.7 Å². The van der Waals surface area contributed by atoms with Crippen LogP contribution in [0.2, 0.25) is 0 Å². The van der Waals surface area contributed by atoms with Crippen molar-refractivity contribution in [1.82, 2.24) is 15.0 Å². The minimum Gasteiger partial charge on any atom is -0.363 e. The highest BCUT2D eigenvalue weighted by atomic mass is 32.2. The van der Waals surface area contributed by atoms with Crippen molar-refractivity contribution in [2.24, 2.45) is 0 Å². The predicted octanol–water partition coefficient (Wildman–Crippen LogP) is 4.45.